The lowest BCUT2D eigenvalue weighted by atomic mass is 9.33. The topological polar surface area (TPSA) is 3.24 Å². The molecule has 0 amide bonds. The van der Waals surface area contributed by atoms with Gasteiger partial charge in [0.1, 0.15) is 0 Å². The molecule has 0 spiro atoms. The number of hydrogen-bond donors (Lipinski definition) is 0. The Kier molecular flexibility index (Phi) is 6.25. The van der Waals surface area contributed by atoms with Crippen molar-refractivity contribution in [2.45, 2.75) is 85.6 Å². The van der Waals surface area contributed by atoms with Gasteiger partial charge < -0.3 is 4.90 Å². The van der Waals surface area contributed by atoms with Crippen molar-refractivity contribution >= 4 is 34.5 Å². The molecule has 4 rings (SSSR count). The normalized spacial score (nSPS) is 13.7. The summed E-state index contributed by atoms with van der Waals surface area (Å²) in [6, 6.07) is 23.2. The van der Waals surface area contributed by atoms with Gasteiger partial charge in [0.05, 0.1) is 0 Å². The summed E-state index contributed by atoms with van der Waals surface area (Å²) in [5, 5.41) is 0. The fraction of sp³-hybridized carbons (Fsp3) is 0.419. The van der Waals surface area contributed by atoms with Crippen LogP contribution in [0.25, 0.3) is 0 Å². The first kappa shape index (κ1) is 23.7. The lowest BCUT2D eigenvalue weighted by molar-refractivity contribution is 0.561. The van der Waals surface area contributed by atoms with E-state index in [1.807, 2.05) is 0 Å². The number of rotatable bonds is 4. The summed E-state index contributed by atoms with van der Waals surface area (Å²) in [6.07, 6.45) is 0. The van der Waals surface area contributed by atoms with Gasteiger partial charge >= 0.3 is 0 Å². The Bertz CT molecular complexity index is 1070. The summed E-state index contributed by atoms with van der Waals surface area (Å²) in [7, 11) is 0. The first-order valence-electron chi connectivity index (χ1n) is 12.7. The summed E-state index contributed by atoms with van der Waals surface area (Å²) in [4.78, 5) is 2.54. The van der Waals surface area contributed by atoms with E-state index in [0.717, 1.165) is 0 Å². The van der Waals surface area contributed by atoms with Crippen molar-refractivity contribution < 1.29 is 0 Å². The van der Waals surface area contributed by atoms with Gasteiger partial charge in [-0.25, -0.2) is 0 Å². The predicted molar refractivity (Wildman–Crippen MR) is 148 cm³/mol. The highest BCUT2D eigenvalue weighted by atomic mass is 15.2. The summed E-state index contributed by atoms with van der Waals surface area (Å²) in [5.74, 6) is 1.46. The Morgan fingerprint density at radius 3 is 1.42 bits per heavy atom. The van der Waals surface area contributed by atoms with Crippen molar-refractivity contribution in [1.29, 1.82) is 0 Å². The molecule has 0 bridgehead atoms. The molecular weight excluding hydrogens is 397 g/mol. The van der Waals surface area contributed by atoms with E-state index in [1.54, 1.807) is 0 Å². The Morgan fingerprint density at radius 1 is 0.636 bits per heavy atom. The van der Waals surface area contributed by atoms with Gasteiger partial charge in [-0.3, -0.25) is 0 Å². The molecule has 1 aliphatic rings. The van der Waals surface area contributed by atoms with Crippen molar-refractivity contribution in [1.82, 2.24) is 0 Å². The third-order valence-corrected chi connectivity index (χ3v) is 7.11. The largest absolute Gasteiger partial charge is 0.337 e. The molecule has 1 heterocycles. The van der Waals surface area contributed by atoms with E-state index in [4.69, 9.17) is 0 Å². The molecule has 0 saturated heterocycles. The number of fused-ring (bicyclic) bond motifs is 2. The van der Waals surface area contributed by atoms with E-state index < -0.39 is 0 Å². The SMILES string of the molecule is CC(C)c1cc(C(C)C)c(B2c3ccccc3N(C(C)(C)C)c3ccccc32)c(C(C)C)c1. The highest BCUT2D eigenvalue weighted by Crippen LogP contribution is 2.36. The molecule has 1 nitrogen and oxygen atoms in total. The zero-order chi connectivity index (χ0) is 24.1. The van der Waals surface area contributed by atoms with Crippen LogP contribution < -0.4 is 21.3 Å². The number of anilines is 2. The van der Waals surface area contributed by atoms with Crippen LogP contribution in [0.2, 0.25) is 0 Å². The smallest absolute Gasteiger partial charge is 0.247 e. The van der Waals surface area contributed by atoms with Gasteiger partial charge in [-0.15, -0.1) is 0 Å². The first-order chi connectivity index (χ1) is 15.5. The lowest BCUT2D eigenvalue weighted by Crippen LogP contribution is -2.61. The molecular formula is C31H40BN. The van der Waals surface area contributed by atoms with Crippen LogP contribution in [0.4, 0.5) is 11.4 Å². The van der Waals surface area contributed by atoms with Crippen LogP contribution in [0.3, 0.4) is 0 Å². The quantitative estimate of drug-likeness (QED) is 0.405. The van der Waals surface area contributed by atoms with Gasteiger partial charge in [0.15, 0.2) is 0 Å². The molecule has 0 fully saturated rings. The van der Waals surface area contributed by atoms with Crippen molar-refractivity contribution in [3.63, 3.8) is 0 Å². The molecule has 0 atom stereocenters. The van der Waals surface area contributed by atoms with E-state index in [1.165, 1.54) is 44.5 Å². The molecule has 0 aliphatic carbocycles. The fourth-order valence-electron chi connectivity index (χ4n) is 5.55. The summed E-state index contributed by atoms with van der Waals surface area (Å²) < 4.78 is 0. The molecule has 2 heteroatoms. The lowest BCUT2D eigenvalue weighted by Gasteiger charge is -2.45. The average Bonchev–Trinajstić information content (AvgIpc) is 2.75. The summed E-state index contributed by atoms with van der Waals surface area (Å²) in [5.41, 5.74) is 11.5. The maximum Gasteiger partial charge on any atom is 0.247 e. The third kappa shape index (κ3) is 4.14. The second kappa shape index (κ2) is 8.71. The van der Waals surface area contributed by atoms with Crippen molar-refractivity contribution in [2.75, 3.05) is 4.90 Å². The van der Waals surface area contributed by atoms with Crippen LogP contribution >= 0.6 is 0 Å². The Hall–Kier alpha value is -2.48. The van der Waals surface area contributed by atoms with Gasteiger partial charge in [0, 0.05) is 16.9 Å². The van der Waals surface area contributed by atoms with Crippen molar-refractivity contribution in [2.24, 2.45) is 0 Å². The zero-order valence-electron chi connectivity index (χ0n) is 22.0. The number of para-hydroxylation sites is 2. The van der Waals surface area contributed by atoms with E-state index in [9.17, 15) is 0 Å². The molecule has 1 aliphatic heterocycles. The van der Waals surface area contributed by atoms with E-state index in [2.05, 4.69) is 128 Å². The molecule has 3 aromatic rings. The van der Waals surface area contributed by atoms with Crippen molar-refractivity contribution in [3.8, 4) is 0 Å². The minimum Gasteiger partial charge on any atom is -0.337 e. The van der Waals surface area contributed by atoms with Gasteiger partial charge in [-0.2, -0.15) is 0 Å². The first-order valence-corrected chi connectivity index (χ1v) is 12.7. The molecule has 0 aromatic heterocycles. The minimum absolute atomic E-state index is 0.0135. The maximum absolute atomic E-state index is 2.54. The van der Waals surface area contributed by atoms with Gasteiger partial charge in [0.2, 0.25) is 6.71 Å². The number of nitrogens with zero attached hydrogens (tertiary/aromatic N) is 1. The van der Waals surface area contributed by atoms with Crippen LogP contribution in [0.1, 0.15) is 96.8 Å². The second-order valence-corrected chi connectivity index (χ2v) is 11.6. The molecule has 3 aromatic carbocycles. The Labute approximate surface area is 202 Å². The average molecular weight is 437 g/mol. The molecule has 0 N–H and O–H groups in total. The van der Waals surface area contributed by atoms with E-state index >= 15 is 0 Å². The Morgan fingerprint density at radius 2 is 1.06 bits per heavy atom. The van der Waals surface area contributed by atoms with Crippen LogP contribution in [0.5, 0.6) is 0 Å². The van der Waals surface area contributed by atoms with Crippen LogP contribution in [-0.2, 0) is 0 Å². The van der Waals surface area contributed by atoms with E-state index in [-0.39, 0.29) is 12.3 Å². The van der Waals surface area contributed by atoms with Crippen molar-refractivity contribution in [3.05, 3.63) is 77.4 Å². The van der Waals surface area contributed by atoms with Crippen LogP contribution in [0.15, 0.2) is 60.7 Å². The third-order valence-electron chi connectivity index (χ3n) is 7.11. The Balaban J connectivity index is 2.11. The molecule has 0 radical (unpaired) electrons. The second-order valence-electron chi connectivity index (χ2n) is 11.6. The van der Waals surface area contributed by atoms with Gasteiger partial charge in [-0.1, -0.05) is 95.5 Å². The maximum atomic E-state index is 2.54. The zero-order valence-corrected chi connectivity index (χ0v) is 22.0. The molecule has 33 heavy (non-hydrogen) atoms. The monoisotopic (exact) mass is 437 g/mol. The standard InChI is InChI=1S/C31H40BN/c1-20(2)23-18-24(21(3)4)30(25(19-23)22(5)6)32-26-14-10-12-16-28(26)33(31(7,8)9)29-17-13-11-15-27(29)32/h10-22H,1-9H3. The number of benzene rings is 3. The summed E-state index contributed by atoms with van der Waals surface area (Å²) >= 11 is 0. The van der Waals surface area contributed by atoms with Crippen LogP contribution in [-0.4, -0.2) is 12.3 Å². The number of hydrogen-bond acceptors (Lipinski definition) is 1. The van der Waals surface area contributed by atoms with Crippen LogP contribution in [0, 0.1) is 0 Å². The molecule has 172 valence electrons. The van der Waals surface area contributed by atoms with Gasteiger partial charge in [0.25, 0.3) is 0 Å². The fourth-order valence-corrected chi connectivity index (χ4v) is 5.55. The van der Waals surface area contributed by atoms with Gasteiger partial charge in [-0.05, 0) is 78.3 Å². The predicted octanol–water partition coefficient (Wildman–Crippen LogP) is 6.82. The molecule has 0 unspecified atom stereocenters. The highest BCUT2D eigenvalue weighted by molar-refractivity contribution is 6.98. The summed E-state index contributed by atoms with van der Waals surface area (Å²) in [6.45, 7) is 21.2. The molecule has 0 saturated carbocycles. The minimum atomic E-state index is -0.0135. The van der Waals surface area contributed by atoms with E-state index in [0.29, 0.717) is 17.8 Å². The highest BCUT2D eigenvalue weighted by Gasteiger charge is 2.40.